The van der Waals surface area contributed by atoms with E-state index >= 15 is 0 Å². The second kappa shape index (κ2) is 5.01. The van der Waals surface area contributed by atoms with Crippen LogP contribution in [0.2, 0.25) is 0 Å². The van der Waals surface area contributed by atoms with Crippen LogP contribution in [0.1, 0.15) is 19.8 Å². The molecule has 0 aliphatic rings. The molecule has 0 aliphatic carbocycles. The van der Waals surface area contributed by atoms with E-state index in [0.717, 1.165) is 12.1 Å². The van der Waals surface area contributed by atoms with Crippen molar-refractivity contribution < 1.29 is 9.74 Å². The van der Waals surface area contributed by atoms with Crippen LogP contribution in [0.4, 0.5) is 11.4 Å². The van der Waals surface area contributed by atoms with Crippen molar-refractivity contribution in [1.82, 2.24) is 10.3 Å². The molecule has 2 aromatic rings. The minimum atomic E-state index is 0.153. The Morgan fingerprint density at radius 2 is 2.18 bits per heavy atom. The zero-order valence-electron chi connectivity index (χ0n) is 9.68. The van der Waals surface area contributed by atoms with Crippen LogP contribution in [-0.4, -0.2) is 28.1 Å². The number of aliphatic hydroxyl groups is 1. The predicted molar refractivity (Wildman–Crippen MR) is 65.6 cm³/mol. The number of anilines is 2. The Morgan fingerprint density at radius 1 is 1.41 bits per heavy atom. The molecule has 6 heteroatoms. The van der Waals surface area contributed by atoms with Gasteiger partial charge in [-0.2, -0.15) is 0 Å². The summed E-state index contributed by atoms with van der Waals surface area (Å²) in [4.78, 5) is 0. The third-order valence-corrected chi connectivity index (χ3v) is 2.78. The van der Waals surface area contributed by atoms with Gasteiger partial charge in [-0.05, 0) is 35.3 Å². The summed E-state index contributed by atoms with van der Waals surface area (Å²) in [6.07, 6.45) is 1.60. The number of benzene rings is 1. The highest BCUT2D eigenvalue weighted by Gasteiger charge is 2.12. The molecule has 1 heterocycles. The molecular weight excluding hydrogens is 220 g/mol. The lowest BCUT2D eigenvalue weighted by atomic mass is 10.1. The first-order chi connectivity index (χ1) is 8.26. The molecule has 0 bridgehead atoms. The molecule has 1 aromatic carbocycles. The Balaban J connectivity index is 2.29. The Labute approximate surface area is 98.8 Å². The maximum atomic E-state index is 8.96. The van der Waals surface area contributed by atoms with Gasteiger partial charge in [-0.25, -0.2) is 4.63 Å². The second-order valence-electron chi connectivity index (χ2n) is 3.93. The topological polar surface area (TPSA) is 97.2 Å². The number of hydrogen-bond donors (Lipinski definition) is 3. The highest BCUT2D eigenvalue weighted by molar-refractivity contribution is 5.95. The second-order valence-corrected chi connectivity index (χ2v) is 3.93. The van der Waals surface area contributed by atoms with E-state index in [-0.39, 0.29) is 12.6 Å². The molecular formula is C11H16N4O2. The fraction of sp³-hybridized carbons (Fsp3) is 0.455. The van der Waals surface area contributed by atoms with Gasteiger partial charge in [-0.15, -0.1) is 0 Å². The van der Waals surface area contributed by atoms with E-state index in [1.807, 2.05) is 6.07 Å². The van der Waals surface area contributed by atoms with Gasteiger partial charge in [0.15, 0.2) is 11.0 Å². The van der Waals surface area contributed by atoms with Gasteiger partial charge >= 0.3 is 0 Å². The van der Waals surface area contributed by atoms with Gasteiger partial charge in [0.1, 0.15) is 0 Å². The van der Waals surface area contributed by atoms with E-state index in [1.165, 1.54) is 0 Å². The minimum absolute atomic E-state index is 0.153. The maximum absolute atomic E-state index is 8.96. The van der Waals surface area contributed by atoms with Crippen molar-refractivity contribution in [3.05, 3.63) is 12.1 Å². The van der Waals surface area contributed by atoms with E-state index in [4.69, 9.17) is 15.5 Å². The number of rotatable bonds is 5. The third kappa shape index (κ3) is 2.31. The number of hydrogen-bond acceptors (Lipinski definition) is 6. The van der Waals surface area contributed by atoms with E-state index in [1.54, 1.807) is 6.07 Å². The number of aliphatic hydroxyl groups excluding tert-OH is 1. The highest BCUT2D eigenvalue weighted by atomic mass is 16.6. The predicted octanol–water partition coefficient (Wildman–Crippen LogP) is 1.38. The smallest absolute Gasteiger partial charge is 0.160 e. The van der Waals surface area contributed by atoms with Gasteiger partial charge in [0.05, 0.1) is 11.4 Å². The van der Waals surface area contributed by atoms with Crippen molar-refractivity contribution >= 4 is 22.4 Å². The molecule has 92 valence electrons. The molecule has 17 heavy (non-hydrogen) atoms. The van der Waals surface area contributed by atoms with E-state index < -0.39 is 0 Å². The van der Waals surface area contributed by atoms with Crippen LogP contribution in [-0.2, 0) is 0 Å². The fourth-order valence-electron chi connectivity index (χ4n) is 1.76. The number of aromatic nitrogens is 2. The molecule has 2 rings (SSSR count). The van der Waals surface area contributed by atoms with Crippen LogP contribution in [0.5, 0.6) is 0 Å². The zero-order chi connectivity index (χ0) is 12.3. The Morgan fingerprint density at radius 3 is 2.88 bits per heavy atom. The number of nitrogens with one attached hydrogen (secondary N) is 1. The van der Waals surface area contributed by atoms with E-state index in [2.05, 4.69) is 22.6 Å². The Bertz CT molecular complexity index is 497. The molecule has 0 aliphatic heterocycles. The number of nitrogens with two attached hydrogens (primary N) is 1. The van der Waals surface area contributed by atoms with Crippen LogP contribution >= 0.6 is 0 Å². The molecule has 0 spiro atoms. The number of nitrogen functional groups attached to an aromatic ring is 1. The molecule has 1 unspecified atom stereocenters. The average Bonchev–Trinajstić information content (AvgIpc) is 2.82. The van der Waals surface area contributed by atoms with Crippen LogP contribution in [0.15, 0.2) is 16.8 Å². The van der Waals surface area contributed by atoms with Crippen molar-refractivity contribution in [3.63, 3.8) is 0 Å². The monoisotopic (exact) mass is 236 g/mol. The summed E-state index contributed by atoms with van der Waals surface area (Å²) in [6, 6.07) is 3.81. The van der Waals surface area contributed by atoms with Gasteiger partial charge in [-0.3, -0.25) is 0 Å². The Hall–Kier alpha value is -1.82. The lowest BCUT2D eigenvalue weighted by Crippen LogP contribution is -2.20. The quantitative estimate of drug-likeness (QED) is 0.678. The molecule has 0 fully saturated rings. The summed E-state index contributed by atoms with van der Waals surface area (Å²) in [5.74, 6) is 0. The van der Waals surface area contributed by atoms with E-state index in [0.29, 0.717) is 23.1 Å². The standard InChI is InChI=1S/C11H16N4O2/c1-2-7(5-6-16)13-9-4-3-8(12)10-11(9)15-17-14-10/h3-4,7,13,16H,2,5-6,12H2,1H3. The fourth-order valence-corrected chi connectivity index (χ4v) is 1.76. The summed E-state index contributed by atoms with van der Waals surface area (Å²) in [6.45, 7) is 2.21. The van der Waals surface area contributed by atoms with Gasteiger partial charge in [0, 0.05) is 12.6 Å². The van der Waals surface area contributed by atoms with Crippen molar-refractivity contribution in [1.29, 1.82) is 0 Å². The summed E-state index contributed by atoms with van der Waals surface area (Å²) in [7, 11) is 0. The van der Waals surface area contributed by atoms with Crippen LogP contribution in [0.3, 0.4) is 0 Å². The summed E-state index contributed by atoms with van der Waals surface area (Å²) in [5, 5.41) is 19.9. The minimum Gasteiger partial charge on any atom is -0.397 e. The van der Waals surface area contributed by atoms with Crippen molar-refractivity contribution in [2.24, 2.45) is 0 Å². The molecule has 1 atom stereocenters. The van der Waals surface area contributed by atoms with Gasteiger partial charge in [0.2, 0.25) is 0 Å². The van der Waals surface area contributed by atoms with Crippen molar-refractivity contribution in [2.45, 2.75) is 25.8 Å². The van der Waals surface area contributed by atoms with Crippen LogP contribution in [0, 0.1) is 0 Å². The molecule has 0 saturated heterocycles. The molecule has 0 radical (unpaired) electrons. The van der Waals surface area contributed by atoms with Gasteiger partial charge < -0.3 is 16.2 Å². The van der Waals surface area contributed by atoms with Gasteiger partial charge in [0.25, 0.3) is 0 Å². The Kier molecular flexibility index (Phi) is 3.43. The van der Waals surface area contributed by atoms with Gasteiger partial charge in [-0.1, -0.05) is 6.92 Å². The molecule has 1 aromatic heterocycles. The van der Waals surface area contributed by atoms with Crippen LogP contribution in [0.25, 0.3) is 11.0 Å². The first-order valence-electron chi connectivity index (χ1n) is 5.64. The SMILES string of the molecule is CCC(CCO)Nc1ccc(N)c2nonc12. The highest BCUT2D eigenvalue weighted by Crippen LogP contribution is 2.26. The van der Waals surface area contributed by atoms with Crippen molar-refractivity contribution in [2.75, 3.05) is 17.7 Å². The molecule has 0 saturated carbocycles. The maximum Gasteiger partial charge on any atom is 0.160 e. The molecule has 0 amide bonds. The molecule has 4 N–H and O–H groups in total. The zero-order valence-corrected chi connectivity index (χ0v) is 9.68. The molecule has 6 nitrogen and oxygen atoms in total. The lowest BCUT2D eigenvalue weighted by molar-refractivity contribution is 0.278. The lowest BCUT2D eigenvalue weighted by Gasteiger charge is -2.17. The number of nitrogens with zero attached hydrogens (tertiary/aromatic N) is 2. The summed E-state index contributed by atoms with van der Waals surface area (Å²) < 4.78 is 4.69. The summed E-state index contributed by atoms with van der Waals surface area (Å²) >= 11 is 0. The number of fused-ring (bicyclic) bond motifs is 1. The normalized spacial score (nSPS) is 12.8. The van der Waals surface area contributed by atoms with Crippen molar-refractivity contribution in [3.8, 4) is 0 Å². The van der Waals surface area contributed by atoms with E-state index in [9.17, 15) is 0 Å². The van der Waals surface area contributed by atoms with Crippen LogP contribution < -0.4 is 11.1 Å². The first-order valence-corrected chi connectivity index (χ1v) is 5.64. The third-order valence-electron chi connectivity index (χ3n) is 2.78. The first kappa shape index (κ1) is 11.7. The largest absolute Gasteiger partial charge is 0.397 e. The summed E-state index contributed by atoms with van der Waals surface area (Å²) in [5.41, 5.74) is 8.32. The average molecular weight is 236 g/mol.